The molecule has 1 atom stereocenters. The number of alkyl halides is 1. The van der Waals surface area contributed by atoms with Crippen molar-refractivity contribution in [2.75, 3.05) is 0 Å². The minimum Gasteiger partial charge on any atom is -0.478 e. The third kappa shape index (κ3) is 3.55. The Bertz CT molecular complexity index is 335. The summed E-state index contributed by atoms with van der Waals surface area (Å²) in [7, 11) is 0. The third-order valence-corrected chi connectivity index (χ3v) is 2.93. The van der Waals surface area contributed by atoms with Crippen LogP contribution in [0.3, 0.4) is 0 Å². The Morgan fingerprint density at radius 3 is 2.27 bits per heavy atom. The van der Waals surface area contributed by atoms with Crippen molar-refractivity contribution >= 4 is 17.7 Å². The molecule has 0 saturated carbocycles. The fraction of sp³-hybridized carbons (Fsp3) is 0.364. The molecule has 0 amide bonds. The van der Waals surface area contributed by atoms with Crippen molar-refractivity contribution in [3.8, 4) is 0 Å². The molecule has 1 aromatic rings. The van der Waals surface area contributed by atoms with Crippen molar-refractivity contribution in [2.45, 2.75) is 30.2 Å². The molecule has 1 unspecified atom stereocenters. The Labute approximate surface area is 92.5 Å². The molecule has 1 N–H and O–H groups in total. The molecule has 0 saturated heterocycles. The van der Waals surface area contributed by atoms with E-state index in [1.807, 2.05) is 12.1 Å². The van der Waals surface area contributed by atoms with Crippen LogP contribution in [-0.2, 0) is 4.79 Å². The fourth-order valence-corrected chi connectivity index (χ4v) is 1.73. The molecule has 1 rings (SSSR count). The summed E-state index contributed by atoms with van der Waals surface area (Å²) in [4.78, 5) is 10.9. The van der Waals surface area contributed by atoms with Gasteiger partial charge in [0, 0.05) is 4.90 Å². The number of carboxylic acids is 1. The largest absolute Gasteiger partial charge is 0.478 e. The Kier molecular flexibility index (Phi) is 4.15. The van der Waals surface area contributed by atoms with Gasteiger partial charge in [-0.3, -0.25) is 0 Å². The van der Waals surface area contributed by atoms with Gasteiger partial charge >= 0.3 is 5.97 Å². The summed E-state index contributed by atoms with van der Waals surface area (Å²) in [5.74, 6) is -1.02. The Balaban J connectivity index is 2.68. The molecule has 0 aromatic heterocycles. The van der Waals surface area contributed by atoms with Gasteiger partial charge in [0.15, 0.2) is 0 Å². The quantitative estimate of drug-likeness (QED) is 0.803. The lowest BCUT2D eigenvalue weighted by Gasteiger charge is -2.07. The van der Waals surface area contributed by atoms with Crippen molar-refractivity contribution in [3.05, 3.63) is 29.8 Å². The van der Waals surface area contributed by atoms with E-state index in [0.29, 0.717) is 22.6 Å². The molecule has 0 spiro atoms. The first-order valence-electron chi connectivity index (χ1n) is 4.64. The highest BCUT2D eigenvalue weighted by Crippen LogP contribution is 2.26. The van der Waals surface area contributed by atoms with Crippen molar-refractivity contribution in [1.82, 2.24) is 0 Å². The lowest BCUT2D eigenvalue weighted by molar-refractivity contribution is -0.139. The van der Waals surface area contributed by atoms with Gasteiger partial charge in [0.2, 0.25) is 5.50 Å². The minimum absolute atomic E-state index is 0.421. The van der Waals surface area contributed by atoms with E-state index in [0.717, 1.165) is 5.56 Å². The number of aliphatic carboxylic acids is 1. The topological polar surface area (TPSA) is 37.3 Å². The summed E-state index contributed by atoms with van der Waals surface area (Å²) in [6, 6.07) is 7.27. The highest BCUT2D eigenvalue weighted by atomic mass is 32.2. The van der Waals surface area contributed by atoms with E-state index in [2.05, 4.69) is 13.8 Å². The number of carboxylic acid groups (broad SMARTS) is 1. The second-order valence-corrected chi connectivity index (χ2v) is 4.62. The van der Waals surface area contributed by atoms with Crippen LogP contribution in [0.15, 0.2) is 29.2 Å². The number of hydrogen-bond donors (Lipinski definition) is 1. The van der Waals surface area contributed by atoms with Crippen molar-refractivity contribution < 1.29 is 14.3 Å². The van der Waals surface area contributed by atoms with Gasteiger partial charge in [0.1, 0.15) is 0 Å². The molecule has 15 heavy (non-hydrogen) atoms. The number of rotatable bonds is 4. The van der Waals surface area contributed by atoms with Crippen LogP contribution in [-0.4, -0.2) is 16.6 Å². The predicted octanol–water partition coefficient (Wildman–Crippen LogP) is 3.28. The van der Waals surface area contributed by atoms with E-state index in [1.54, 1.807) is 12.1 Å². The standard InChI is InChI=1S/C11H13FO2S/c1-7(2)8-3-5-9(6-4-8)15-10(12)11(13)14/h3-7,10H,1-2H3,(H,13,14). The second-order valence-electron chi connectivity index (χ2n) is 3.50. The zero-order valence-electron chi connectivity index (χ0n) is 8.61. The van der Waals surface area contributed by atoms with Gasteiger partial charge in [0.05, 0.1) is 0 Å². The Morgan fingerprint density at radius 1 is 1.33 bits per heavy atom. The van der Waals surface area contributed by atoms with Crippen LogP contribution in [0.4, 0.5) is 4.39 Å². The third-order valence-electron chi connectivity index (χ3n) is 1.98. The zero-order valence-corrected chi connectivity index (χ0v) is 9.42. The molecule has 1 aromatic carbocycles. The first kappa shape index (κ1) is 12.0. The number of thioether (sulfide) groups is 1. The highest BCUT2D eigenvalue weighted by molar-refractivity contribution is 8.00. The van der Waals surface area contributed by atoms with Crippen LogP contribution in [0, 0.1) is 0 Å². The summed E-state index contributed by atoms with van der Waals surface area (Å²) in [6.45, 7) is 4.13. The lowest BCUT2D eigenvalue weighted by atomic mass is 10.0. The molecule has 0 radical (unpaired) electrons. The van der Waals surface area contributed by atoms with Gasteiger partial charge in [0.25, 0.3) is 0 Å². The number of hydrogen-bond acceptors (Lipinski definition) is 2. The van der Waals surface area contributed by atoms with Gasteiger partial charge in [-0.15, -0.1) is 0 Å². The average Bonchev–Trinajstić information content (AvgIpc) is 2.18. The number of carbonyl (C=O) groups is 1. The molecule has 2 nitrogen and oxygen atoms in total. The maximum absolute atomic E-state index is 12.8. The number of halogens is 1. The maximum atomic E-state index is 12.8. The molecule has 0 heterocycles. The molecule has 0 fully saturated rings. The van der Waals surface area contributed by atoms with E-state index >= 15 is 0 Å². The number of benzene rings is 1. The first-order valence-corrected chi connectivity index (χ1v) is 5.52. The van der Waals surface area contributed by atoms with Crippen molar-refractivity contribution in [2.24, 2.45) is 0 Å². The zero-order chi connectivity index (χ0) is 11.4. The molecule has 0 aliphatic heterocycles. The highest BCUT2D eigenvalue weighted by Gasteiger charge is 2.16. The predicted molar refractivity (Wildman–Crippen MR) is 58.9 cm³/mol. The SMILES string of the molecule is CC(C)c1ccc(SC(F)C(=O)O)cc1. The molecular weight excluding hydrogens is 215 g/mol. The van der Waals surface area contributed by atoms with Crippen molar-refractivity contribution in [1.29, 1.82) is 0 Å². The smallest absolute Gasteiger partial charge is 0.349 e. The molecule has 4 heteroatoms. The summed E-state index contributed by atoms with van der Waals surface area (Å²) in [5.41, 5.74) is -0.736. The van der Waals surface area contributed by atoms with E-state index in [9.17, 15) is 9.18 Å². The normalized spacial score (nSPS) is 12.8. The lowest BCUT2D eigenvalue weighted by Crippen LogP contribution is -2.09. The van der Waals surface area contributed by atoms with E-state index in [-0.39, 0.29) is 0 Å². The van der Waals surface area contributed by atoms with Crippen LogP contribution in [0.1, 0.15) is 25.3 Å². The molecule has 0 bridgehead atoms. The maximum Gasteiger partial charge on any atom is 0.349 e. The van der Waals surface area contributed by atoms with Crippen LogP contribution in [0.2, 0.25) is 0 Å². The van der Waals surface area contributed by atoms with E-state index in [4.69, 9.17) is 5.11 Å². The molecule has 82 valence electrons. The van der Waals surface area contributed by atoms with E-state index in [1.165, 1.54) is 0 Å². The van der Waals surface area contributed by atoms with Gasteiger partial charge in [-0.2, -0.15) is 0 Å². The van der Waals surface area contributed by atoms with Crippen LogP contribution >= 0.6 is 11.8 Å². The van der Waals surface area contributed by atoms with Gasteiger partial charge < -0.3 is 5.11 Å². The van der Waals surface area contributed by atoms with Crippen molar-refractivity contribution in [3.63, 3.8) is 0 Å². The summed E-state index contributed by atoms with van der Waals surface area (Å²) in [5, 5.41) is 8.39. The molecule has 0 aliphatic carbocycles. The first-order chi connectivity index (χ1) is 7.00. The van der Waals surface area contributed by atoms with Gasteiger partial charge in [-0.1, -0.05) is 37.7 Å². The second kappa shape index (κ2) is 5.16. The fourth-order valence-electron chi connectivity index (χ4n) is 1.10. The Hall–Kier alpha value is -1.03. The van der Waals surface area contributed by atoms with E-state index < -0.39 is 11.5 Å². The summed E-state index contributed by atoms with van der Waals surface area (Å²) < 4.78 is 12.8. The Morgan fingerprint density at radius 2 is 1.87 bits per heavy atom. The van der Waals surface area contributed by atoms with Crippen LogP contribution < -0.4 is 0 Å². The average molecular weight is 228 g/mol. The van der Waals surface area contributed by atoms with Crippen LogP contribution in [0.25, 0.3) is 0 Å². The van der Waals surface area contributed by atoms with Gasteiger partial charge in [-0.05, 0) is 23.6 Å². The monoisotopic (exact) mass is 228 g/mol. The minimum atomic E-state index is -1.89. The van der Waals surface area contributed by atoms with Crippen LogP contribution in [0.5, 0.6) is 0 Å². The summed E-state index contributed by atoms with van der Waals surface area (Å²) in [6.07, 6.45) is 0. The molecule has 0 aliphatic rings. The summed E-state index contributed by atoms with van der Waals surface area (Å²) >= 11 is 0.706. The van der Waals surface area contributed by atoms with Gasteiger partial charge in [-0.25, -0.2) is 9.18 Å². The molecular formula is C11H13FO2S.